The number of carbonyl (C=O) groups is 2. The Morgan fingerprint density at radius 1 is 1.08 bits per heavy atom. The standard InChI is InChI=1S/C21H24N2O2/c1-13-8-9-15(3)19(10-13)23-12-17(11-20(23)24)21(25)22-18-7-5-6-14(2)16(18)4/h5-10,17H,11-12H2,1-4H3,(H,22,25)/t17-/m0/s1. The van der Waals surface area contributed by atoms with E-state index in [0.29, 0.717) is 6.54 Å². The number of nitrogens with zero attached hydrogens (tertiary/aromatic N) is 1. The van der Waals surface area contributed by atoms with Crippen molar-refractivity contribution in [2.24, 2.45) is 5.92 Å². The van der Waals surface area contributed by atoms with Gasteiger partial charge in [-0.3, -0.25) is 9.59 Å². The lowest BCUT2D eigenvalue weighted by atomic mass is 10.1. The van der Waals surface area contributed by atoms with Crippen LogP contribution in [0.25, 0.3) is 0 Å². The molecule has 1 N–H and O–H groups in total. The zero-order valence-corrected chi connectivity index (χ0v) is 15.2. The molecule has 1 atom stereocenters. The molecular formula is C21H24N2O2. The van der Waals surface area contributed by atoms with Crippen LogP contribution < -0.4 is 10.2 Å². The van der Waals surface area contributed by atoms with E-state index in [-0.39, 0.29) is 24.2 Å². The van der Waals surface area contributed by atoms with Crippen LogP contribution in [0.5, 0.6) is 0 Å². The second-order valence-electron chi connectivity index (χ2n) is 6.93. The molecule has 0 bridgehead atoms. The van der Waals surface area contributed by atoms with Crippen molar-refractivity contribution in [3.05, 3.63) is 58.7 Å². The van der Waals surface area contributed by atoms with E-state index in [9.17, 15) is 9.59 Å². The summed E-state index contributed by atoms with van der Waals surface area (Å²) in [6, 6.07) is 11.9. The number of anilines is 2. The summed E-state index contributed by atoms with van der Waals surface area (Å²) in [4.78, 5) is 26.9. The smallest absolute Gasteiger partial charge is 0.229 e. The minimum atomic E-state index is -0.327. The molecule has 25 heavy (non-hydrogen) atoms. The van der Waals surface area contributed by atoms with Gasteiger partial charge in [0.25, 0.3) is 0 Å². The fraction of sp³-hybridized carbons (Fsp3) is 0.333. The number of benzene rings is 2. The Labute approximate surface area is 148 Å². The van der Waals surface area contributed by atoms with Crippen LogP contribution in [0.4, 0.5) is 11.4 Å². The normalized spacial score (nSPS) is 17.0. The lowest BCUT2D eigenvalue weighted by Gasteiger charge is -2.20. The molecule has 1 aliphatic heterocycles. The number of hydrogen-bond acceptors (Lipinski definition) is 2. The van der Waals surface area contributed by atoms with Crippen molar-refractivity contribution >= 4 is 23.2 Å². The van der Waals surface area contributed by atoms with Gasteiger partial charge in [-0.2, -0.15) is 0 Å². The quantitative estimate of drug-likeness (QED) is 0.924. The Balaban J connectivity index is 1.77. The minimum absolute atomic E-state index is 0.00909. The Kier molecular flexibility index (Phi) is 4.62. The molecule has 0 unspecified atom stereocenters. The highest BCUT2D eigenvalue weighted by Crippen LogP contribution is 2.29. The van der Waals surface area contributed by atoms with Crippen LogP contribution in [0.1, 0.15) is 28.7 Å². The van der Waals surface area contributed by atoms with E-state index in [1.165, 1.54) is 0 Å². The number of aryl methyl sites for hydroxylation is 3. The molecule has 1 saturated heterocycles. The molecule has 4 heteroatoms. The molecular weight excluding hydrogens is 312 g/mol. The molecule has 0 radical (unpaired) electrons. The van der Waals surface area contributed by atoms with E-state index in [1.807, 2.05) is 64.1 Å². The molecule has 0 saturated carbocycles. The third kappa shape index (κ3) is 3.43. The van der Waals surface area contributed by atoms with Crippen molar-refractivity contribution in [1.82, 2.24) is 0 Å². The van der Waals surface area contributed by atoms with Gasteiger partial charge in [0.1, 0.15) is 0 Å². The maximum Gasteiger partial charge on any atom is 0.229 e. The fourth-order valence-electron chi connectivity index (χ4n) is 3.25. The van der Waals surface area contributed by atoms with Gasteiger partial charge in [0.15, 0.2) is 0 Å². The SMILES string of the molecule is Cc1ccc(C)c(N2C[C@@H](C(=O)Nc3cccc(C)c3C)CC2=O)c1. The highest BCUT2D eigenvalue weighted by Gasteiger charge is 2.35. The topological polar surface area (TPSA) is 49.4 Å². The third-order valence-electron chi connectivity index (χ3n) is 5.01. The maximum absolute atomic E-state index is 12.7. The van der Waals surface area contributed by atoms with Crippen LogP contribution in [0, 0.1) is 33.6 Å². The average Bonchev–Trinajstić information content (AvgIpc) is 2.96. The molecule has 2 amide bonds. The minimum Gasteiger partial charge on any atom is -0.326 e. The van der Waals surface area contributed by atoms with Crippen LogP contribution >= 0.6 is 0 Å². The lowest BCUT2D eigenvalue weighted by molar-refractivity contribution is -0.122. The first-order valence-electron chi connectivity index (χ1n) is 8.61. The van der Waals surface area contributed by atoms with Crippen LogP contribution in [-0.2, 0) is 9.59 Å². The molecule has 3 rings (SSSR count). The largest absolute Gasteiger partial charge is 0.326 e. The maximum atomic E-state index is 12.7. The van der Waals surface area contributed by atoms with Crippen LogP contribution in [-0.4, -0.2) is 18.4 Å². The lowest BCUT2D eigenvalue weighted by Crippen LogP contribution is -2.28. The van der Waals surface area contributed by atoms with E-state index < -0.39 is 0 Å². The highest BCUT2D eigenvalue weighted by atomic mass is 16.2. The van der Waals surface area contributed by atoms with Crippen LogP contribution in [0.2, 0.25) is 0 Å². The predicted octanol–water partition coefficient (Wildman–Crippen LogP) is 3.91. The predicted molar refractivity (Wildman–Crippen MR) is 101 cm³/mol. The molecule has 1 heterocycles. The zero-order valence-electron chi connectivity index (χ0n) is 15.2. The van der Waals surface area contributed by atoms with Crippen molar-refractivity contribution < 1.29 is 9.59 Å². The summed E-state index contributed by atoms with van der Waals surface area (Å²) in [5.41, 5.74) is 6.09. The summed E-state index contributed by atoms with van der Waals surface area (Å²) in [6.45, 7) is 8.44. The number of hydrogen-bond donors (Lipinski definition) is 1. The number of amides is 2. The Morgan fingerprint density at radius 3 is 2.60 bits per heavy atom. The van der Waals surface area contributed by atoms with E-state index >= 15 is 0 Å². The van der Waals surface area contributed by atoms with Gasteiger partial charge >= 0.3 is 0 Å². The van der Waals surface area contributed by atoms with Crippen molar-refractivity contribution in [1.29, 1.82) is 0 Å². The van der Waals surface area contributed by atoms with E-state index in [4.69, 9.17) is 0 Å². The molecule has 130 valence electrons. The molecule has 1 fully saturated rings. The Morgan fingerprint density at radius 2 is 1.84 bits per heavy atom. The fourth-order valence-corrected chi connectivity index (χ4v) is 3.25. The van der Waals surface area contributed by atoms with Gasteiger partial charge in [0, 0.05) is 24.3 Å². The number of nitrogens with one attached hydrogen (secondary N) is 1. The van der Waals surface area contributed by atoms with Gasteiger partial charge < -0.3 is 10.2 Å². The van der Waals surface area contributed by atoms with Gasteiger partial charge in [0.2, 0.25) is 11.8 Å². The van der Waals surface area contributed by atoms with Gasteiger partial charge in [-0.05, 0) is 62.1 Å². The van der Waals surface area contributed by atoms with E-state index in [2.05, 4.69) is 5.32 Å². The summed E-state index contributed by atoms with van der Waals surface area (Å²) >= 11 is 0. The van der Waals surface area contributed by atoms with Crippen molar-refractivity contribution in [3.63, 3.8) is 0 Å². The molecule has 4 nitrogen and oxygen atoms in total. The Hall–Kier alpha value is -2.62. The van der Waals surface area contributed by atoms with Gasteiger partial charge in [-0.1, -0.05) is 24.3 Å². The molecule has 0 aliphatic carbocycles. The first kappa shape index (κ1) is 17.2. The molecule has 0 aromatic heterocycles. The molecule has 0 spiro atoms. The monoisotopic (exact) mass is 336 g/mol. The Bertz CT molecular complexity index is 842. The van der Waals surface area contributed by atoms with Crippen LogP contribution in [0.3, 0.4) is 0 Å². The van der Waals surface area contributed by atoms with Crippen molar-refractivity contribution in [2.45, 2.75) is 34.1 Å². The summed E-state index contributed by atoms with van der Waals surface area (Å²) in [5, 5.41) is 2.99. The van der Waals surface area contributed by atoms with Crippen molar-refractivity contribution in [2.75, 3.05) is 16.8 Å². The zero-order chi connectivity index (χ0) is 18.1. The third-order valence-corrected chi connectivity index (χ3v) is 5.01. The number of carbonyl (C=O) groups excluding carboxylic acids is 2. The molecule has 1 aliphatic rings. The summed E-state index contributed by atoms with van der Waals surface area (Å²) in [6.07, 6.45) is 0.254. The summed E-state index contributed by atoms with van der Waals surface area (Å²) in [5.74, 6) is -0.406. The number of rotatable bonds is 3. The van der Waals surface area contributed by atoms with Crippen molar-refractivity contribution in [3.8, 4) is 0 Å². The summed E-state index contributed by atoms with van der Waals surface area (Å²) in [7, 11) is 0. The molecule has 2 aromatic rings. The first-order valence-corrected chi connectivity index (χ1v) is 8.61. The van der Waals surface area contributed by atoms with E-state index in [0.717, 1.165) is 33.6 Å². The summed E-state index contributed by atoms with van der Waals surface area (Å²) < 4.78 is 0. The molecule has 2 aromatic carbocycles. The second kappa shape index (κ2) is 6.71. The van der Waals surface area contributed by atoms with Gasteiger partial charge in [-0.15, -0.1) is 0 Å². The van der Waals surface area contributed by atoms with Gasteiger partial charge in [-0.25, -0.2) is 0 Å². The van der Waals surface area contributed by atoms with E-state index in [1.54, 1.807) is 4.90 Å². The first-order chi connectivity index (χ1) is 11.9. The average molecular weight is 336 g/mol. The van der Waals surface area contributed by atoms with Gasteiger partial charge in [0.05, 0.1) is 5.92 Å². The highest BCUT2D eigenvalue weighted by molar-refractivity contribution is 6.04. The van der Waals surface area contributed by atoms with Crippen LogP contribution in [0.15, 0.2) is 36.4 Å². The second-order valence-corrected chi connectivity index (χ2v) is 6.93.